The molecule has 2 heterocycles. The molecule has 0 radical (unpaired) electrons. The average Bonchev–Trinajstić information content (AvgIpc) is 2.77. The number of ether oxygens (including phenoxy) is 2. The molecule has 0 spiro atoms. The lowest BCUT2D eigenvalue weighted by Gasteiger charge is -2.22. The molecule has 3 rings (SSSR count). The van der Waals surface area contributed by atoms with Crippen LogP contribution in [0, 0.1) is 0 Å². The van der Waals surface area contributed by atoms with Gasteiger partial charge in [0.15, 0.2) is 0 Å². The minimum atomic E-state index is -0.0718. The second-order valence-corrected chi connectivity index (χ2v) is 4.49. The van der Waals surface area contributed by atoms with E-state index < -0.39 is 0 Å². The fourth-order valence-corrected chi connectivity index (χ4v) is 2.31. The van der Waals surface area contributed by atoms with Crippen molar-refractivity contribution < 1.29 is 9.47 Å². The van der Waals surface area contributed by atoms with Gasteiger partial charge in [-0.3, -0.25) is 0 Å². The molecule has 1 saturated heterocycles. The number of hydrogen-bond donors (Lipinski definition) is 1. The number of benzene rings is 1. The molecule has 0 bridgehead atoms. The molecule has 96 valence electrons. The maximum Gasteiger partial charge on any atom is 0.141 e. The Balaban J connectivity index is 2.04. The molecular weight excluding hydrogens is 230 g/mol. The highest BCUT2D eigenvalue weighted by atomic mass is 16.6. The van der Waals surface area contributed by atoms with Crippen molar-refractivity contribution in [3.05, 3.63) is 29.6 Å². The molecule has 5 heteroatoms. The van der Waals surface area contributed by atoms with Gasteiger partial charge < -0.3 is 19.8 Å². The molecule has 1 unspecified atom stereocenters. The zero-order chi connectivity index (χ0) is 12.5. The predicted octanol–water partition coefficient (Wildman–Crippen LogP) is 1.12. The maximum absolute atomic E-state index is 5.70. The van der Waals surface area contributed by atoms with Crippen LogP contribution in [-0.4, -0.2) is 29.4 Å². The monoisotopic (exact) mass is 247 g/mol. The fourth-order valence-electron chi connectivity index (χ4n) is 2.31. The van der Waals surface area contributed by atoms with Gasteiger partial charge >= 0.3 is 0 Å². The van der Waals surface area contributed by atoms with E-state index in [1.54, 1.807) is 0 Å². The van der Waals surface area contributed by atoms with Crippen LogP contribution in [0.25, 0.3) is 11.0 Å². The molecular formula is C13H17N3O2. The van der Waals surface area contributed by atoms with Gasteiger partial charge in [-0.05, 0) is 17.7 Å². The molecule has 1 aromatic heterocycles. The predicted molar refractivity (Wildman–Crippen MR) is 68.1 cm³/mol. The highest BCUT2D eigenvalue weighted by Gasteiger charge is 2.22. The highest BCUT2D eigenvalue weighted by Crippen LogP contribution is 2.24. The van der Waals surface area contributed by atoms with Crippen LogP contribution in [0.3, 0.4) is 0 Å². The lowest BCUT2D eigenvalue weighted by Crippen LogP contribution is -2.24. The van der Waals surface area contributed by atoms with E-state index in [-0.39, 0.29) is 6.10 Å². The lowest BCUT2D eigenvalue weighted by molar-refractivity contribution is -0.0942. The Labute approximate surface area is 106 Å². The molecule has 1 aromatic carbocycles. The van der Waals surface area contributed by atoms with E-state index in [0.717, 1.165) is 22.4 Å². The van der Waals surface area contributed by atoms with E-state index in [4.69, 9.17) is 15.2 Å². The van der Waals surface area contributed by atoms with E-state index in [1.165, 1.54) is 0 Å². The Morgan fingerprint density at radius 3 is 3.06 bits per heavy atom. The molecule has 2 aromatic rings. The first-order chi connectivity index (χ1) is 8.79. The Morgan fingerprint density at radius 1 is 1.44 bits per heavy atom. The third-order valence-corrected chi connectivity index (χ3v) is 3.32. The number of nitrogens with zero attached hydrogens (tertiary/aromatic N) is 2. The SMILES string of the molecule is Cn1c(C2COCCO2)nc2ccc(CN)cc21. The third kappa shape index (κ3) is 1.90. The number of aromatic nitrogens is 2. The maximum atomic E-state index is 5.70. The molecule has 0 aliphatic carbocycles. The number of hydrogen-bond acceptors (Lipinski definition) is 4. The molecule has 2 N–H and O–H groups in total. The molecule has 18 heavy (non-hydrogen) atoms. The Hall–Kier alpha value is -1.43. The first kappa shape index (κ1) is 11.6. The summed E-state index contributed by atoms with van der Waals surface area (Å²) in [7, 11) is 2.00. The summed E-state index contributed by atoms with van der Waals surface area (Å²) in [5.74, 6) is 0.916. The largest absolute Gasteiger partial charge is 0.376 e. The molecule has 1 atom stereocenters. The van der Waals surface area contributed by atoms with Crippen LogP contribution in [-0.2, 0) is 23.1 Å². The van der Waals surface area contributed by atoms with Gasteiger partial charge in [0.2, 0.25) is 0 Å². The molecule has 1 aliphatic heterocycles. The summed E-state index contributed by atoms with van der Waals surface area (Å²) in [6, 6.07) is 6.09. The molecule has 1 aliphatic rings. The van der Waals surface area contributed by atoms with Crippen LogP contribution < -0.4 is 5.73 Å². The molecule has 0 amide bonds. The zero-order valence-electron chi connectivity index (χ0n) is 10.4. The van der Waals surface area contributed by atoms with E-state index in [1.807, 2.05) is 19.2 Å². The smallest absolute Gasteiger partial charge is 0.141 e. The summed E-state index contributed by atoms with van der Waals surface area (Å²) in [4.78, 5) is 4.63. The van der Waals surface area contributed by atoms with Gasteiger partial charge in [-0.25, -0.2) is 4.98 Å². The van der Waals surface area contributed by atoms with Crippen molar-refractivity contribution in [2.75, 3.05) is 19.8 Å². The second-order valence-electron chi connectivity index (χ2n) is 4.49. The summed E-state index contributed by atoms with van der Waals surface area (Å²) in [6.45, 7) is 2.40. The number of fused-ring (bicyclic) bond motifs is 1. The quantitative estimate of drug-likeness (QED) is 0.863. The van der Waals surface area contributed by atoms with Gasteiger partial charge in [0.05, 0.1) is 30.9 Å². The van der Waals surface area contributed by atoms with Crippen molar-refractivity contribution in [2.45, 2.75) is 12.6 Å². The summed E-state index contributed by atoms with van der Waals surface area (Å²) in [5.41, 5.74) is 8.83. The van der Waals surface area contributed by atoms with Gasteiger partial charge in [-0.1, -0.05) is 6.07 Å². The van der Waals surface area contributed by atoms with E-state index in [9.17, 15) is 0 Å². The Kier molecular flexibility index (Phi) is 3.03. The third-order valence-electron chi connectivity index (χ3n) is 3.32. The number of aryl methyl sites for hydroxylation is 1. The summed E-state index contributed by atoms with van der Waals surface area (Å²) >= 11 is 0. The number of rotatable bonds is 2. The van der Waals surface area contributed by atoms with Gasteiger partial charge in [0, 0.05) is 13.6 Å². The van der Waals surface area contributed by atoms with E-state index >= 15 is 0 Å². The van der Waals surface area contributed by atoms with Gasteiger partial charge in [-0.15, -0.1) is 0 Å². The Bertz CT molecular complexity index is 559. The summed E-state index contributed by atoms with van der Waals surface area (Å²) < 4.78 is 13.2. The number of nitrogens with two attached hydrogens (primary N) is 1. The Morgan fingerprint density at radius 2 is 2.33 bits per heavy atom. The summed E-state index contributed by atoms with van der Waals surface area (Å²) in [5, 5.41) is 0. The van der Waals surface area contributed by atoms with Crippen molar-refractivity contribution in [3.63, 3.8) is 0 Å². The van der Waals surface area contributed by atoms with E-state index in [0.29, 0.717) is 26.4 Å². The first-order valence-corrected chi connectivity index (χ1v) is 6.14. The van der Waals surface area contributed by atoms with E-state index in [2.05, 4.69) is 15.6 Å². The average molecular weight is 247 g/mol. The lowest BCUT2D eigenvalue weighted by atomic mass is 10.2. The van der Waals surface area contributed by atoms with Crippen LogP contribution in [0.5, 0.6) is 0 Å². The minimum absolute atomic E-state index is 0.0718. The topological polar surface area (TPSA) is 62.3 Å². The fraction of sp³-hybridized carbons (Fsp3) is 0.462. The highest BCUT2D eigenvalue weighted by molar-refractivity contribution is 5.77. The molecule has 0 saturated carbocycles. The van der Waals surface area contributed by atoms with Crippen molar-refractivity contribution in [3.8, 4) is 0 Å². The molecule has 1 fully saturated rings. The minimum Gasteiger partial charge on any atom is -0.376 e. The normalized spacial score (nSPS) is 20.4. The first-order valence-electron chi connectivity index (χ1n) is 6.14. The van der Waals surface area contributed by atoms with Gasteiger partial charge in [-0.2, -0.15) is 0 Å². The summed E-state index contributed by atoms with van der Waals surface area (Å²) in [6.07, 6.45) is -0.0718. The van der Waals surface area contributed by atoms with Crippen LogP contribution in [0.1, 0.15) is 17.5 Å². The van der Waals surface area contributed by atoms with Crippen LogP contribution >= 0.6 is 0 Å². The van der Waals surface area contributed by atoms with Gasteiger partial charge in [0.1, 0.15) is 11.9 Å². The van der Waals surface area contributed by atoms with Crippen molar-refractivity contribution >= 4 is 11.0 Å². The second kappa shape index (κ2) is 4.68. The van der Waals surface area contributed by atoms with Crippen molar-refractivity contribution in [1.82, 2.24) is 9.55 Å². The van der Waals surface area contributed by atoms with Crippen molar-refractivity contribution in [1.29, 1.82) is 0 Å². The zero-order valence-corrected chi connectivity index (χ0v) is 10.4. The van der Waals surface area contributed by atoms with Gasteiger partial charge in [0.25, 0.3) is 0 Å². The van der Waals surface area contributed by atoms with Crippen LogP contribution in [0.2, 0.25) is 0 Å². The van der Waals surface area contributed by atoms with Crippen LogP contribution in [0.15, 0.2) is 18.2 Å². The molecule has 5 nitrogen and oxygen atoms in total. The van der Waals surface area contributed by atoms with Crippen LogP contribution in [0.4, 0.5) is 0 Å². The standard InChI is InChI=1S/C13H17N3O2/c1-16-11-6-9(7-14)2-3-10(11)15-13(16)12-8-17-4-5-18-12/h2-3,6,12H,4-5,7-8,14H2,1H3. The number of imidazole rings is 1. The van der Waals surface area contributed by atoms with Crippen molar-refractivity contribution in [2.24, 2.45) is 12.8 Å².